The van der Waals surface area contributed by atoms with E-state index in [1.54, 1.807) is 0 Å². The van der Waals surface area contributed by atoms with Crippen LogP contribution in [0.25, 0.3) is 0 Å². The topological polar surface area (TPSA) is 44.5 Å². The molecule has 0 bridgehead atoms. The van der Waals surface area contributed by atoms with Gasteiger partial charge in [-0.15, -0.1) is 12.4 Å². The molecule has 1 rings (SSSR count). The van der Waals surface area contributed by atoms with Crippen LogP contribution in [0.15, 0.2) is 18.2 Å². The van der Waals surface area contributed by atoms with Crippen LogP contribution in [0.4, 0.5) is 13.2 Å². The lowest BCUT2D eigenvalue weighted by molar-refractivity contribution is -0.139. The molecule has 0 unspecified atom stereocenters. The lowest BCUT2D eigenvalue weighted by Gasteiger charge is -2.14. The Balaban J connectivity index is 0.00000289. The quantitative estimate of drug-likeness (QED) is 0.846. The molecule has 7 heteroatoms. The van der Waals surface area contributed by atoms with Gasteiger partial charge in [-0.05, 0) is 17.7 Å². The predicted molar refractivity (Wildman–Crippen MR) is 64.0 cm³/mol. The summed E-state index contributed by atoms with van der Waals surface area (Å²) in [4.78, 5) is 0. The van der Waals surface area contributed by atoms with E-state index in [2.05, 4.69) is 0 Å². The van der Waals surface area contributed by atoms with Gasteiger partial charge in [-0.3, -0.25) is 0 Å². The van der Waals surface area contributed by atoms with Gasteiger partial charge in [0.2, 0.25) is 0 Å². The van der Waals surface area contributed by atoms with E-state index in [1.807, 2.05) is 0 Å². The molecule has 0 aliphatic carbocycles. The standard InChI is InChI=1S/C11H14F3NO2.ClH/c1-16-4-5-17-10-3-2-8(7-15)6-9(10)11(12,13)14;/h2-3,6H,4-5,7,15H2,1H3;1H. The first-order valence-corrected chi connectivity index (χ1v) is 5.01. The normalized spacial score (nSPS) is 10.9. The summed E-state index contributed by atoms with van der Waals surface area (Å²) in [6, 6.07) is 3.79. The number of hydrogen-bond donors (Lipinski definition) is 1. The third kappa shape index (κ3) is 4.72. The Kier molecular flexibility index (Phi) is 7.05. The second-order valence-electron chi connectivity index (χ2n) is 3.37. The fourth-order valence-electron chi connectivity index (χ4n) is 1.29. The number of rotatable bonds is 5. The summed E-state index contributed by atoms with van der Waals surface area (Å²) in [5.74, 6) is -0.202. The molecule has 0 aromatic heterocycles. The number of benzene rings is 1. The molecule has 0 aliphatic heterocycles. The van der Waals surface area contributed by atoms with Crippen molar-refractivity contribution in [2.75, 3.05) is 20.3 Å². The molecule has 2 N–H and O–H groups in total. The first kappa shape index (κ1) is 17.0. The van der Waals surface area contributed by atoms with Gasteiger partial charge in [-0.2, -0.15) is 13.2 Å². The Hall–Kier alpha value is -0.980. The zero-order valence-corrected chi connectivity index (χ0v) is 10.6. The first-order valence-electron chi connectivity index (χ1n) is 5.01. The Morgan fingerprint density at radius 2 is 1.89 bits per heavy atom. The van der Waals surface area contributed by atoms with Crippen LogP contribution in [-0.2, 0) is 17.5 Å². The summed E-state index contributed by atoms with van der Waals surface area (Å²) in [6.45, 7) is 0.360. The minimum absolute atomic E-state index is 0. The molecule has 0 saturated heterocycles. The van der Waals surface area contributed by atoms with Gasteiger partial charge >= 0.3 is 6.18 Å². The van der Waals surface area contributed by atoms with Crippen molar-refractivity contribution in [1.82, 2.24) is 0 Å². The molecular weight excluding hydrogens is 271 g/mol. The SMILES string of the molecule is COCCOc1ccc(CN)cc1C(F)(F)F.Cl. The number of nitrogens with two attached hydrogens (primary N) is 1. The van der Waals surface area contributed by atoms with Crippen LogP contribution in [-0.4, -0.2) is 20.3 Å². The van der Waals surface area contributed by atoms with Crippen molar-refractivity contribution in [3.05, 3.63) is 29.3 Å². The maximum Gasteiger partial charge on any atom is 0.419 e. The van der Waals surface area contributed by atoms with E-state index in [-0.39, 0.29) is 37.9 Å². The summed E-state index contributed by atoms with van der Waals surface area (Å²) in [6.07, 6.45) is -4.45. The Morgan fingerprint density at radius 3 is 2.39 bits per heavy atom. The highest BCUT2D eigenvalue weighted by atomic mass is 35.5. The molecule has 1 aromatic rings. The van der Waals surface area contributed by atoms with Crippen LogP contribution in [0, 0.1) is 0 Å². The van der Waals surface area contributed by atoms with Crippen molar-refractivity contribution in [3.63, 3.8) is 0 Å². The molecule has 0 amide bonds. The average Bonchev–Trinajstić information content (AvgIpc) is 2.28. The molecule has 0 spiro atoms. The summed E-state index contributed by atoms with van der Waals surface area (Å²) >= 11 is 0. The van der Waals surface area contributed by atoms with Gasteiger partial charge in [0.05, 0.1) is 12.2 Å². The molecule has 0 heterocycles. The van der Waals surface area contributed by atoms with E-state index in [4.69, 9.17) is 15.2 Å². The zero-order valence-electron chi connectivity index (χ0n) is 9.79. The fourth-order valence-corrected chi connectivity index (χ4v) is 1.29. The van der Waals surface area contributed by atoms with Gasteiger partial charge in [0.15, 0.2) is 0 Å². The largest absolute Gasteiger partial charge is 0.491 e. The molecule has 0 saturated carbocycles. The number of hydrogen-bond acceptors (Lipinski definition) is 3. The lowest BCUT2D eigenvalue weighted by atomic mass is 10.1. The van der Waals surface area contributed by atoms with E-state index >= 15 is 0 Å². The highest BCUT2D eigenvalue weighted by Crippen LogP contribution is 2.36. The van der Waals surface area contributed by atoms with Gasteiger partial charge in [0.1, 0.15) is 12.4 Å². The molecule has 104 valence electrons. The van der Waals surface area contributed by atoms with E-state index in [0.717, 1.165) is 6.07 Å². The zero-order chi connectivity index (χ0) is 12.9. The first-order chi connectivity index (χ1) is 7.99. The average molecular weight is 286 g/mol. The predicted octanol–water partition coefficient (Wildman–Crippen LogP) is 2.61. The van der Waals surface area contributed by atoms with Crippen LogP contribution >= 0.6 is 12.4 Å². The van der Waals surface area contributed by atoms with Crippen LogP contribution in [0.1, 0.15) is 11.1 Å². The van der Waals surface area contributed by atoms with Crippen molar-refractivity contribution in [1.29, 1.82) is 0 Å². The molecule has 0 aliphatic rings. The molecule has 18 heavy (non-hydrogen) atoms. The Morgan fingerprint density at radius 1 is 1.22 bits per heavy atom. The molecule has 0 radical (unpaired) electrons. The van der Waals surface area contributed by atoms with Crippen LogP contribution < -0.4 is 10.5 Å². The number of halogens is 4. The smallest absolute Gasteiger partial charge is 0.419 e. The molecule has 0 fully saturated rings. The van der Waals surface area contributed by atoms with Crippen molar-refractivity contribution in [3.8, 4) is 5.75 Å². The minimum Gasteiger partial charge on any atom is -0.491 e. The van der Waals surface area contributed by atoms with Crippen molar-refractivity contribution in [2.24, 2.45) is 5.73 Å². The van der Waals surface area contributed by atoms with E-state index in [1.165, 1.54) is 19.2 Å². The van der Waals surface area contributed by atoms with Gasteiger partial charge in [0, 0.05) is 13.7 Å². The third-order valence-corrected chi connectivity index (χ3v) is 2.13. The summed E-state index contributed by atoms with van der Waals surface area (Å²) < 4.78 is 47.9. The third-order valence-electron chi connectivity index (χ3n) is 2.13. The monoisotopic (exact) mass is 285 g/mol. The number of ether oxygens (including phenoxy) is 2. The number of methoxy groups -OCH3 is 1. The van der Waals surface area contributed by atoms with E-state index in [0.29, 0.717) is 5.56 Å². The van der Waals surface area contributed by atoms with Crippen LogP contribution in [0.5, 0.6) is 5.75 Å². The Bertz CT molecular complexity index is 372. The van der Waals surface area contributed by atoms with Crippen molar-refractivity contribution in [2.45, 2.75) is 12.7 Å². The van der Waals surface area contributed by atoms with Gasteiger partial charge in [-0.1, -0.05) is 6.07 Å². The maximum absolute atomic E-state index is 12.7. The minimum atomic E-state index is -4.45. The van der Waals surface area contributed by atoms with E-state index in [9.17, 15) is 13.2 Å². The van der Waals surface area contributed by atoms with Crippen LogP contribution in [0.2, 0.25) is 0 Å². The summed E-state index contributed by atoms with van der Waals surface area (Å²) in [5.41, 5.74) is 4.91. The second kappa shape index (κ2) is 7.45. The van der Waals surface area contributed by atoms with Crippen molar-refractivity contribution < 1.29 is 22.6 Å². The fraction of sp³-hybridized carbons (Fsp3) is 0.455. The lowest BCUT2D eigenvalue weighted by Crippen LogP contribution is -2.12. The molecule has 1 aromatic carbocycles. The van der Waals surface area contributed by atoms with Gasteiger partial charge < -0.3 is 15.2 Å². The van der Waals surface area contributed by atoms with Gasteiger partial charge in [-0.25, -0.2) is 0 Å². The maximum atomic E-state index is 12.7. The summed E-state index contributed by atoms with van der Waals surface area (Å²) in [5, 5.41) is 0. The highest BCUT2D eigenvalue weighted by Gasteiger charge is 2.34. The van der Waals surface area contributed by atoms with Gasteiger partial charge in [0.25, 0.3) is 0 Å². The molecule has 0 atom stereocenters. The second-order valence-corrected chi connectivity index (χ2v) is 3.37. The van der Waals surface area contributed by atoms with E-state index < -0.39 is 11.7 Å². The molecular formula is C11H15ClF3NO2. The van der Waals surface area contributed by atoms with Crippen LogP contribution in [0.3, 0.4) is 0 Å². The number of alkyl halides is 3. The summed E-state index contributed by atoms with van der Waals surface area (Å²) in [7, 11) is 1.45. The molecule has 3 nitrogen and oxygen atoms in total. The highest BCUT2D eigenvalue weighted by molar-refractivity contribution is 5.85. The van der Waals surface area contributed by atoms with Crippen molar-refractivity contribution >= 4 is 12.4 Å². The Labute approximate surface area is 109 Å².